The first kappa shape index (κ1) is 18.5. The van der Waals surface area contributed by atoms with Crippen LogP contribution in [0.25, 0.3) is 16.8 Å². The van der Waals surface area contributed by atoms with Gasteiger partial charge in [0.15, 0.2) is 5.65 Å². The number of anilines is 1. The molecular formula is C23H22FN5O. The molecule has 5 rings (SSSR count). The van der Waals surface area contributed by atoms with E-state index in [4.69, 9.17) is 4.74 Å². The maximum absolute atomic E-state index is 14.3. The topological polar surface area (TPSA) is 64.3 Å². The van der Waals surface area contributed by atoms with Gasteiger partial charge >= 0.3 is 0 Å². The number of rotatable bonds is 6. The zero-order valence-corrected chi connectivity index (χ0v) is 16.9. The van der Waals surface area contributed by atoms with Gasteiger partial charge in [0, 0.05) is 41.0 Å². The predicted octanol–water partition coefficient (Wildman–Crippen LogP) is 4.74. The van der Waals surface area contributed by atoms with Crippen LogP contribution >= 0.6 is 0 Å². The highest BCUT2D eigenvalue weighted by atomic mass is 19.1. The number of ether oxygens (including phenoxy) is 1. The number of nitrogens with zero attached hydrogens (tertiary/aromatic N) is 4. The van der Waals surface area contributed by atoms with Crippen LogP contribution in [0.5, 0.6) is 5.75 Å². The number of methoxy groups -OCH3 is 1. The van der Waals surface area contributed by atoms with Crippen molar-refractivity contribution in [1.29, 1.82) is 0 Å². The Kier molecular flexibility index (Phi) is 4.58. The van der Waals surface area contributed by atoms with Crippen molar-refractivity contribution in [3.8, 4) is 16.9 Å². The van der Waals surface area contributed by atoms with E-state index in [2.05, 4.69) is 33.5 Å². The summed E-state index contributed by atoms with van der Waals surface area (Å²) in [7, 11) is 1.54. The molecule has 7 heteroatoms. The first-order chi connectivity index (χ1) is 14.7. The number of nitrogens with one attached hydrogen (secondary N) is 1. The lowest BCUT2D eigenvalue weighted by Crippen LogP contribution is -2.07. The SMILES string of the molecule is COc1cccc(F)c1CNc1ccc(-c2cnc(C3CC3)cc2C)c2nncn12. The predicted molar refractivity (Wildman–Crippen MR) is 113 cm³/mol. The average Bonchev–Trinajstić information content (AvgIpc) is 3.49. The number of halogens is 1. The summed E-state index contributed by atoms with van der Waals surface area (Å²) in [4.78, 5) is 4.67. The van der Waals surface area contributed by atoms with Gasteiger partial charge in [-0.25, -0.2) is 4.39 Å². The third kappa shape index (κ3) is 3.26. The van der Waals surface area contributed by atoms with Crippen LogP contribution in [0, 0.1) is 12.7 Å². The highest BCUT2D eigenvalue weighted by molar-refractivity contribution is 5.80. The van der Waals surface area contributed by atoms with Gasteiger partial charge < -0.3 is 10.1 Å². The molecule has 0 bridgehead atoms. The molecule has 0 spiro atoms. The van der Waals surface area contributed by atoms with Gasteiger partial charge in [0.1, 0.15) is 23.7 Å². The molecule has 0 aliphatic heterocycles. The summed E-state index contributed by atoms with van der Waals surface area (Å²) in [6.45, 7) is 2.38. The van der Waals surface area contributed by atoms with Crippen LogP contribution in [0.4, 0.5) is 10.2 Å². The fourth-order valence-electron chi connectivity index (χ4n) is 3.81. The molecule has 0 amide bonds. The number of fused-ring (bicyclic) bond motifs is 1. The van der Waals surface area contributed by atoms with E-state index in [0.717, 1.165) is 22.6 Å². The summed E-state index contributed by atoms with van der Waals surface area (Å²) in [5.74, 6) is 1.59. The van der Waals surface area contributed by atoms with Gasteiger partial charge in [0.25, 0.3) is 0 Å². The maximum Gasteiger partial charge on any atom is 0.170 e. The van der Waals surface area contributed by atoms with Gasteiger partial charge in [0.05, 0.1) is 7.11 Å². The Balaban J connectivity index is 1.48. The second-order valence-electron chi connectivity index (χ2n) is 7.63. The summed E-state index contributed by atoms with van der Waals surface area (Å²) < 4.78 is 21.4. The first-order valence-electron chi connectivity index (χ1n) is 10.0. The second-order valence-corrected chi connectivity index (χ2v) is 7.63. The van der Waals surface area contributed by atoms with Crippen LogP contribution < -0.4 is 10.1 Å². The molecule has 1 fully saturated rings. The molecular weight excluding hydrogens is 381 g/mol. The van der Waals surface area contributed by atoms with Crippen molar-refractivity contribution >= 4 is 11.5 Å². The molecule has 152 valence electrons. The number of benzene rings is 1. The van der Waals surface area contributed by atoms with E-state index < -0.39 is 0 Å². The smallest absolute Gasteiger partial charge is 0.170 e. The third-order valence-corrected chi connectivity index (χ3v) is 5.62. The van der Waals surface area contributed by atoms with Gasteiger partial charge in [-0.3, -0.25) is 9.38 Å². The summed E-state index contributed by atoms with van der Waals surface area (Å²) in [6.07, 6.45) is 6.05. The van der Waals surface area contributed by atoms with E-state index in [1.807, 2.05) is 22.7 Å². The molecule has 1 aliphatic carbocycles. The first-order valence-corrected chi connectivity index (χ1v) is 10.0. The van der Waals surface area contributed by atoms with Crippen molar-refractivity contribution in [3.63, 3.8) is 0 Å². The Labute approximate surface area is 173 Å². The van der Waals surface area contributed by atoms with Crippen LogP contribution in [0.3, 0.4) is 0 Å². The van der Waals surface area contributed by atoms with Crippen molar-refractivity contribution in [1.82, 2.24) is 19.6 Å². The molecule has 0 radical (unpaired) electrons. The fraction of sp³-hybridized carbons (Fsp3) is 0.261. The Morgan fingerprint density at radius 3 is 2.83 bits per heavy atom. The van der Waals surface area contributed by atoms with Crippen LogP contribution in [0.1, 0.15) is 35.6 Å². The van der Waals surface area contributed by atoms with Gasteiger partial charge in [-0.05, 0) is 55.7 Å². The number of aryl methyl sites for hydroxylation is 1. The lowest BCUT2D eigenvalue weighted by molar-refractivity contribution is 0.405. The minimum absolute atomic E-state index is 0.277. The van der Waals surface area contributed by atoms with E-state index >= 15 is 0 Å². The molecule has 1 aliphatic rings. The van der Waals surface area contributed by atoms with Crippen LogP contribution in [0.2, 0.25) is 0 Å². The van der Waals surface area contributed by atoms with Crippen molar-refractivity contribution < 1.29 is 9.13 Å². The number of aromatic nitrogens is 4. The molecule has 1 aromatic carbocycles. The quantitative estimate of drug-likeness (QED) is 0.504. The van der Waals surface area contributed by atoms with Gasteiger partial charge in [0.2, 0.25) is 0 Å². The average molecular weight is 403 g/mol. The van der Waals surface area contributed by atoms with Gasteiger partial charge in [-0.1, -0.05) is 6.07 Å². The summed E-state index contributed by atoms with van der Waals surface area (Å²) in [5, 5.41) is 11.7. The Hall–Kier alpha value is -3.48. The Bertz CT molecular complexity index is 1230. The molecule has 1 saturated carbocycles. The van der Waals surface area contributed by atoms with Gasteiger partial charge in [-0.15, -0.1) is 10.2 Å². The zero-order valence-electron chi connectivity index (χ0n) is 16.9. The van der Waals surface area contributed by atoms with Crippen molar-refractivity contribution in [2.75, 3.05) is 12.4 Å². The minimum Gasteiger partial charge on any atom is -0.496 e. The Morgan fingerprint density at radius 1 is 1.20 bits per heavy atom. The van der Waals surface area contributed by atoms with E-state index in [9.17, 15) is 4.39 Å². The van der Waals surface area contributed by atoms with Crippen LogP contribution in [0.15, 0.2) is 48.9 Å². The van der Waals surface area contributed by atoms with Crippen molar-refractivity contribution in [2.24, 2.45) is 0 Å². The van der Waals surface area contributed by atoms with Crippen LogP contribution in [-0.4, -0.2) is 26.7 Å². The normalized spacial score (nSPS) is 13.6. The molecule has 0 atom stereocenters. The summed E-state index contributed by atoms with van der Waals surface area (Å²) in [6, 6.07) is 10.9. The Morgan fingerprint density at radius 2 is 2.07 bits per heavy atom. The molecule has 3 aromatic heterocycles. The monoisotopic (exact) mass is 403 g/mol. The van der Waals surface area contributed by atoms with E-state index in [0.29, 0.717) is 17.2 Å². The number of hydrogen-bond acceptors (Lipinski definition) is 5. The number of pyridine rings is 2. The second kappa shape index (κ2) is 7.40. The molecule has 4 aromatic rings. The van der Waals surface area contributed by atoms with E-state index in [-0.39, 0.29) is 12.4 Å². The van der Waals surface area contributed by atoms with Crippen molar-refractivity contribution in [2.45, 2.75) is 32.2 Å². The van der Waals surface area contributed by atoms with Gasteiger partial charge in [-0.2, -0.15) is 0 Å². The summed E-state index contributed by atoms with van der Waals surface area (Å²) in [5.41, 5.74) is 5.55. The highest BCUT2D eigenvalue weighted by Crippen LogP contribution is 2.40. The molecule has 0 unspecified atom stereocenters. The fourth-order valence-corrected chi connectivity index (χ4v) is 3.81. The largest absolute Gasteiger partial charge is 0.496 e. The van der Waals surface area contributed by atoms with E-state index in [1.54, 1.807) is 18.5 Å². The molecule has 1 N–H and O–H groups in total. The minimum atomic E-state index is -0.309. The summed E-state index contributed by atoms with van der Waals surface area (Å²) >= 11 is 0. The highest BCUT2D eigenvalue weighted by Gasteiger charge is 2.25. The lowest BCUT2D eigenvalue weighted by atomic mass is 10.0. The van der Waals surface area contributed by atoms with E-state index in [1.165, 1.54) is 37.3 Å². The maximum atomic E-state index is 14.3. The van der Waals surface area contributed by atoms with Crippen LogP contribution in [-0.2, 0) is 6.54 Å². The lowest BCUT2D eigenvalue weighted by Gasteiger charge is -2.14. The molecule has 3 heterocycles. The molecule has 0 saturated heterocycles. The standard InChI is InChI=1S/C23H22FN5O/c1-14-10-20(15-6-7-15)25-11-17(14)16-8-9-22(29-13-27-28-23(16)29)26-12-18-19(24)4-3-5-21(18)30-2/h3-5,8-11,13,15,26H,6-7,12H2,1-2H3. The van der Waals surface area contributed by atoms with Crippen molar-refractivity contribution in [3.05, 3.63) is 71.6 Å². The zero-order chi connectivity index (χ0) is 20.7. The third-order valence-electron chi connectivity index (χ3n) is 5.62. The number of hydrogen-bond donors (Lipinski definition) is 1. The molecule has 6 nitrogen and oxygen atoms in total. The molecule has 30 heavy (non-hydrogen) atoms.